The standard InChI is InChI=1S/C9H2ClF7O/c10-5-2-3(7(18)9(15,16)17)1-4(6(5)11)8(12,13)14/h1-2H. The average molecular weight is 295 g/mol. The lowest BCUT2D eigenvalue weighted by molar-refractivity contribution is -0.140. The number of ketones is 1. The highest BCUT2D eigenvalue weighted by Crippen LogP contribution is 2.36. The summed E-state index contributed by atoms with van der Waals surface area (Å²) in [5.41, 5.74) is -3.40. The largest absolute Gasteiger partial charge is 0.454 e. The molecule has 0 saturated heterocycles. The second-order valence-corrected chi connectivity index (χ2v) is 3.55. The van der Waals surface area contributed by atoms with Crippen LogP contribution in [0.3, 0.4) is 0 Å². The highest BCUT2D eigenvalue weighted by Gasteiger charge is 2.42. The zero-order valence-electron chi connectivity index (χ0n) is 8.09. The summed E-state index contributed by atoms with van der Waals surface area (Å²) in [5.74, 6) is -4.46. The lowest BCUT2D eigenvalue weighted by Gasteiger charge is -2.12. The maximum atomic E-state index is 13.0. The molecular formula is C9H2ClF7O. The fourth-order valence-corrected chi connectivity index (χ4v) is 1.31. The van der Waals surface area contributed by atoms with Crippen LogP contribution in [0.1, 0.15) is 15.9 Å². The average Bonchev–Trinajstić information content (AvgIpc) is 2.17. The van der Waals surface area contributed by atoms with Crippen molar-refractivity contribution in [2.75, 3.05) is 0 Å². The van der Waals surface area contributed by atoms with Crippen LogP contribution < -0.4 is 0 Å². The van der Waals surface area contributed by atoms with Gasteiger partial charge in [0.25, 0.3) is 5.78 Å². The minimum Gasteiger partial charge on any atom is -0.284 e. The number of alkyl halides is 6. The molecule has 0 bridgehead atoms. The van der Waals surface area contributed by atoms with Crippen LogP contribution in [0.4, 0.5) is 30.7 Å². The molecule has 0 aliphatic rings. The Morgan fingerprint density at radius 1 is 1.06 bits per heavy atom. The van der Waals surface area contributed by atoms with Crippen LogP contribution in [0.2, 0.25) is 5.02 Å². The number of benzene rings is 1. The topological polar surface area (TPSA) is 17.1 Å². The van der Waals surface area contributed by atoms with Crippen molar-refractivity contribution in [3.8, 4) is 0 Å². The van der Waals surface area contributed by atoms with E-state index in [9.17, 15) is 35.5 Å². The summed E-state index contributed by atoms with van der Waals surface area (Å²) in [6.07, 6.45) is -10.6. The highest BCUT2D eigenvalue weighted by atomic mass is 35.5. The Balaban J connectivity index is 3.43. The minimum absolute atomic E-state index is 0.196. The maximum Gasteiger partial charge on any atom is 0.454 e. The van der Waals surface area contributed by atoms with Gasteiger partial charge >= 0.3 is 12.4 Å². The zero-order valence-corrected chi connectivity index (χ0v) is 8.84. The van der Waals surface area contributed by atoms with Crippen LogP contribution in [0.15, 0.2) is 12.1 Å². The van der Waals surface area contributed by atoms with Crippen molar-refractivity contribution in [3.63, 3.8) is 0 Å². The molecule has 1 rings (SSSR count). The Morgan fingerprint density at radius 2 is 1.56 bits per heavy atom. The lowest BCUT2D eigenvalue weighted by atomic mass is 10.1. The molecule has 0 heterocycles. The molecule has 1 aromatic rings. The fraction of sp³-hybridized carbons (Fsp3) is 0.222. The van der Waals surface area contributed by atoms with Gasteiger partial charge < -0.3 is 0 Å². The van der Waals surface area contributed by atoms with E-state index in [1.807, 2.05) is 0 Å². The summed E-state index contributed by atoms with van der Waals surface area (Å²) in [7, 11) is 0. The number of rotatable bonds is 1. The van der Waals surface area contributed by atoms with Crippen molar-refractivity contribution in [1.82, 2.24) is 0 Å². The predicted octanol–water partition coefficient (Wildman–Crippen LogP) is 4.24. The van der Waals surface area contributed by atoms with Crippen LogP contribution in [-0.4, -0.2) is 12.0 Å². The SMILES string of the molecule is O=C(c1cc(Cl)c(F)c(C(F)(F)F)c1)C(F)(F)F. The number of hydrogen-bond acceptors (Lipinski definition) is 1. The van der Waals surface area contributed by atoms with Crippen LogP contribution in [0.25, 0.3) is 0 Å². The molecule has 0 fully saturated rings. The first-order valence-electron chi connectivity index (χ1n) is 4.12. The zero-order chi connectivity index (χ0) is 14.3. The van der Waals surface area contributed by atoms with Crippen molar-refractivity contribution in [3.05, 3.63) is 34.1 Å². The van der Waals surface area contributed by atoms with Crippen LogP contribution in [-0.2, 0) is 6.18 Å². The Labute approximate surface area is 100 Å². The van der Waals surface area contributed by atoms with E-state index in [1.54, 1.807) is 0 Å². The van der Waals surface area contributed by atoms with Crippen molar-refractivity contribution in [2.45, 2.75) is 12.4 Å². The van der Waals surface area contributed by atoms with Gasteiger partial charge in [-0.25, -0.2) is 4.39 Å². The second-order valence-electron chi connectivity index (χ2n) is 3.14. The van der Waals surface area contributed by atoms with Gasteiger partial charge in [0.15, 0.2) is 5.82 Å². The summed E-state index contributed by atoms with van der Waals surface area (Å²) in [6, 6.07) is -0.0288. The molecule has 18 heavy (non-hydrogen) atoms. The van der Waals surface area contributed by atoms with E-state index < -0.39 is 40.1 Å². The van der Waals surface area contributed by atoms with Gasteiger partial charge in [-0.1, -0.05) is 11.6 Å². The monoisotopic (exact) mass is 294 g/mol. The molecule has 0 aliphatic carbocycles. The van der Waals surface area contributed by atoms with Gasteiger partial charge in [0.05, 0.1) is 10.6 Å². The fourth-order valence-electron chi connectivity index (χ4n) is 1.09. The van der Waals surface area contributed by atoms with E-state index in [0.29, 0.717) is 0 Å². The van der Waals surface area contributed by atoms with E-state index in [1.165, 1.54) is 0 Å². The Bertz CT molecular complexity index is 489. The van der Waals surface area contributed by atoms with Crippen LogP contribution in [0.5, 0.6) is 0 Å². The van der Waals surface area contributed by atoms with E-state index in [2.05, 4.69) is 0 Å². The smallest absolute Gasteiger partial charge is 0.284 e. The van der Waals surface area contributed by atoms with E-state index in [4.69, 9.17) is 11.6 Å². The maximum absolute atomic E-state index is 13.0. The molecule has 0 unspecified atom stereocenters. The van der Waals surface area contributed by atoms with Crippen molar-refractivity contribution in [2.24, 2.45) is 0 Å². The molecule has 1 aromatic carbocycles. The molecule has 0 aliphatic heterocycles. The molecule has 0 N–H and O–H groups in total. The first-order chi connectivity index (χ1) is 7.94. The summed E-state index contributed by atoms with van der Waals surface area (Å²) >= 11 is 5.02. The molecule has 0 aromatic heterocycles. The van der Waals surface area contributed by atoms with Gasteiger partial charge in [0.1, 0.15) is 0 Å². The Kier molecular flexibility index (Phi) is 3.62. The van der Waals surface area contributed by atoms with Crippen LogP contribution >= 0.6 is 11.6 Å². The van der Waals surface area contributed by atoms with E-state index in [0.717, 1.165) is 0 Å². The molecular weight excluding hydrogens is 293 g/mol. The van der Waals surface area contributed by atoms with E-state index in [-0.39, 0.29) is 12.1 Å². The Hall–Kier alpha value is -1.31. The normalized spacial score (nSPS) is 12.7. The molecule has 0 saturated carbocycles. The van der Waals surface area contributed by atoms with Gasteiger partial charge in [0, 0.05) is 5.56 Å². The van der Waals surface area contributed by atoms with Crippen LogP contribution in [0, 0.1) is 5.82 Å². The summed E-state index contributed by atoms with van der Waals surface area (Å²) in [4.78, 5) is 10.7. The van der Waals surface area contributed by atoms with Gasteiger partial charge in [-0.05, 0) is 12.1 Å². The molecule has 0 radical (unpaired) electrons. The summed E-state index contributed by atoms with van der Waals surface area (Å²) < 4.78 is 85.9. The number of carbonyl (C=O) groups excluding carboxylic acids is 1. The number of halogens is 8. The number of hydrogen-bond donors (Lipinski definition) is 0. The molecule has 0 amide bonds. The highest BCUT2D eigenvalue weighted by molar-refractivity contribution is 6.31. The first kappa shape index (κ1) is 14.7. The van der Waals surface area contributed by atoms with Gasteiger partial charge in [-0.2, -0.15) is 26.3 Å². The van der Waals surface area contributed by atoms with Crippen molar-refractivity contribution in [1.29, 1.82) is 0 Å². The number of carbonyl (C=O) groups is 1. The third-order valence-corrected chi connectivity index (χ3v) is 2.13. The quantitative estimate of drug-likeness (QED) is 0.559. The minimum atomic E-state index is -5.37. The molecule has 9 heteroatoms. The summed E-state index contributed by atoms with van der Waals surface area (Å²) in [5, 5.41) is -1.21. The van der Waals surface area contributed by atoms with Gasteiger partial charge in [-0.3, -0.25) is 4.79 Å². The molecule has 100 valence electrons. The van der Waals surface area contributed by atoms with E-state index >= 15 is 0 Å². The van der Waals surface area contributed by atoms with Gasteiger partial charge in [0.2, 0.25) is 0 Å². The van der Waals surface area contributed by atoms with Crippen molar-refractivity contribution >= 4 is 17.4 Å². The summed E-state index contributed by atoms with van der Waals surface area (Å²) in [6.45, 7) is 0. The van der Waals surface area contributed by atoms with Gasteiger partial charge in [-0.15, -0.1) is 0 Å². The Morgan fingerprint density at radius 3 is 1.94 bits per heavy atom. The third kappa shape index (κ3) is 2.92. The lowest BCUT2D eigenvalue weighted by Crippen LogP contribution is -2.23. The first-order valence-corrected chi connectivity index (χ1v) is 4.50. The predicted molar refractivity (Wildman–Crippen MR) is 46.8 cm³/mol. The number of Topliss-reactive ketones (excluding diaryl/α,β-unsaturated/α-hetero) is 1. The second kappa shape index (κ2) is 4.42. The molecule has 0 atom stereocenters. The van der Waals surface area contributed by atoms with Crippen molar-refractivity contribution < 1.29 is 35.5 Å². The third-order valence-electron chi connectivity index (χ3n) is 1.85. The molecule has 1 nitrogen and oxygen atoms in total. The molecule has 0 spiro atoms.